The summed E-state index contributed by atoms with van der Waals surface area (Å²) >= 11 is 0. The molecule has 0 aliphatic rings. The van der Waals surface area contributed by atoms with Crippen molar-refractivity contribution in [3.8, 4) is 0 Å². The standard InChI is InChI=1S/C21H46O2Si/c1-9-10-12-15-19(22)16-13-11-14-17-20(18(2)3)23-24(7,8)21(4,5)6/h18-20,22H,9-17H2,1-8H3/t19-,20-/m1/s1. The van der Waals surface area contributed by atoms with Crippen LogP contribution in [0, 0.1) is 5.92 Å². The van der Waals surface area contributed by atoms with Crippen molar-refractivity contribution in [1.82, 2.24) is 0 Å². The average molecular weight is 359 g/mol. The largest absolute Gasteiger partial charge is 0.414 e. The number of hydrogen-bond donors (Lipinski definition) is 1. The van der Waals surface area contributed by atoms with Crippen LogP contribution in [0.15, 0.2) is 0 Å². The number of aliphatic hydroxyl groups excluding tert-OH is 1. The van der Waals surface area contributed by atoms with Crippen molar-refractivity contribution in [2.45, 2.75) is 130 Å². The van der Waals surface area contributed by atoms with E-state index < -0.39 is 8.32 Å². The molecule has 0 heterocycles. The third kappa shape index (κ3) is 10.2. The number of hydrogen-bond acceptors (Lipinski definition) is 2. The van der Waals surface area contributed by atoms with Gasteiger partial charge in [-0.05, 0) is 43.3 Å². The van der Waals surface area contributed by atoms with Gasteiger partial charge in [0.1, 0.15) is 0 Å². The Labute approximate surface area is 153 Å². The van der Waals surface area contributed by atoms with E-state index in [9.17, 15) is 5.11 Å². The highest BCUT2D eigenvalue weighted by atomic mass is 28.4. The van der Waals surface area contributed by atoms with Crippen molar-refractivity contribution < 1.29 is 9.53 Å². The van der Waals surface area contributed by atoms with Gasteiger partial charge in [-0.1, -0.05) is 80.1 Å². The summed E-state index contributed by atoms with van der Waals surface area (Å²) in [6, 6.07) is 0. The average Bonchev–Trinajstić information content (AvgIpc) is 2.44. The van der Waals surface area contributed by atoms with E-state index in [1.165, 1.54) is 32.1 Å². The Bertz CT molecular complexity index is 307. The molecule has 0 rings (SSSR count). The highest BCUT2D eigenvalue weighted by Gasteiger charge is 2.39. The SMILES string of the molecule is CCCCC[C@@H](O)CCCCC[C@@H](O[Si](C)(C)C(C)(C)C)C(C)C. The number of aliphatic hydroxyl groups is 1. The van der Waals surface area contributed by atoms with Crippen molar-refractivity contribution in [1.29, 1.82) is 0 Å². The van der Waals surface area contributed by atoms with E-state index >= 15 is 0 Å². The molecule has 0 aliphatic carbocycles. The van der Waals surface area contributed by atoms with Gasteiger partial charge in [-0.2, -0.15) is 0 Å². The fraction of sp³-hybridized carbons (Fsp3) is 1.00. The van der Waals surface area contributed by atoms with Gasteiger partial charge in [-0.15, -0.1) is 0 Å². The molecule has 0 aromatic heterocycles. The molecule has 2 nitrogen and oxygen atoms in total. The van der Waals surface area contributed by atoms with Gasteiger partial charge >= 0.3 is 0 Å². The minimum Gasteiger partial charge on any atom is -0.414 e. The molecule has 0 saturated heterocycles. The van der Waals surface area contributed by atoms with Gasteiger partial charge in [-0.25, -0.2) is 0 Å². The monoisotopic (exact) mass is 358 g/mol. The third-order valence-corrected chi connectivity index (χ3v) is 10.2. The predicted molar refractivity (Wildman–Crippen MR) is 110 cm³/mol. The molecule has 1 N–H and O–H groups in total. The van der Waals surface area contributed by atoms with E-state index in [2.05, 4.69) is 54.6 Å². The molecular weight excluding hydrogens is 312 g/mol. The molecule has 2 atom stereocenters. The predicted octanol–water partition coefficient (Wildman–Crippen LogP) is 6.92. The fourth-order valence-electron chi connectivity index (χ4n) is 2.76. The minimum atomic E-state index is -1.68. The van der Waals surface area contributed by atoms with E-state index in [-0.39, 0.29) is 11.1 Å². The lowest BCUT2D eigenvalue weighted by atomic mass is 9.99. The van der Waals surface area contributed by atoms with Gasteiger partial charge in [-0.3, -0.25) is 0 Å². The van der Waals surface area contributed by atoms with E-state index in [1.807, 2.05) is 0 Å². The first kappa shape index (κ1) is 24.1. The lowest BCUT2D eigenvalue weighted by Crippen LogP contribution is -2.45. The maximum absolute atomic E-state index is 10.00. The van der Waals surface area contributed by atoms with Crippen molar-refractivity contribution in [3.05, 3.63) is 0 Å². The van der Waals surface area contributed by atoms with Crippen LogP contribution >= 0.6 is 0 Å². The smallest absolute Gasteiger partial charge is 0.192 e. The summed E-state index contributed by atoms with van der Waals surface area (Å²) in [6.07, 6.45) is 10.7. The van der Waals surface area contributed by atoms with Crippen LogP contribution in [0.3, 0.4) is 0 Å². The van der Waals surface area contributed by atoms with Crippen LogP contribution in [0.5, 0.6) is 0 Å². The lowest BCUT2D eigenvalue weighted by molar-refractivity contribution is 0.119. The molecule has 0 unspecified atom stereocenters. The molecule has 0 radical (unpaired) electrons. The quantitative estimate of drug-likeness (QED) is 0.286. The molecule has 146 valence electrons. The summed E-state index contributed by atoms with van der Waals surface area (Å²) in [5, 5.41) is 10.3. The van der Waals surface area contributed by atoms with Gasteiger partial charge in [0.05, 0.1) is 6.10 Å². The summed E-state index contributed by atoms with van der Waals surface area (Å²) in [4.78, 5) is 0. The topological polar surface area (TPSA) is 29.5 Å². The zero-order valence-corrected chi connectivity index (χ0v) is 19.0. The lowest BCUT2D eigenvalue weighted by Gasteiger charge is -2.40. The molecule has 0 fully saturated rings. The first-order valence-corrected chi connectivity index (χ1v) is 13.3. The van der Waals surface area contributed by atoms with Gasteiger partial charge in [0, 0.05) is 6.10 Å². The zero-order valence-electron chi connectivity index (χ0n) is 18.0. The summed E-state index contributed by atoms with van der Waals surface area (Å²) in [5.74, 6) is 0.582. The van der Waals surface area contributed by atoms with Crippen LogP contribution in [0.2, 0.25) is 18.1 Å². The minimum absolute atomic E-state index is 0.0825. The molecule has 24 heavy (non-hydrogen) atoms. The number of rotatable bonds is 13. The van der Waals surface area contributed by atoms with Crippen molar-refractivity contribution >= 4 is 8.32 Å². The van der Waals surface area contributed by atoms with Crippen LogP contribution in [-0.2, 0) is 4.43 Å². The second kappa shape index (κ2) is 11.7. The Morgan fingerprint density at radius 3 is 1.83 bits per heavy atom. The highest BCUT2D eigenvalue weighted by molar-refractivity contribution is 6.74. The van der Waals surface area contributed by atoms with Crippen LogP contribution in [0.4, 0.5) is 0 Å². The maximum Gasteiger partial charge on any atom is 0.192 e. The van der Waals surface area contributed by atoms with Crippen LogP contribution < -0.4 is 0 Å². The molecule has 3 heteroatoms. The molecule has 0 amide bonds. The Balaban J connectivity index is 4.07. The number of unbranched alkanes of at least 4 members (excludes halogenated alkanes) is 4. The van der Waals surface area contributed by atoms with E-state index in [0.29, 0.717) is 12.0 Å². The Kier molecular flexibility index (Phi) is 11.8. The van der Waals surface area contributed by atoms with Gasteiger partial charge in [0.15, 0.2) is 8.32 Å². The van der Waals surface area contributed by atoms with E-state index in [4.69, 9.17) is 4.43 Å². The third-order valence-electron chi connectivity index (χ3n) is 5.66. The normalized spacial score (nSPS) is 15.8. The van der Waals surface area contributed by atoms with Crippen LogP contribution in [-0.4, -0.2) is 25.6 Å². The maximum atomic E-state index is 10.00. The van der Waals surface area contributed by atoms with Crippen molar-refractivity contribution in [2.24, 2.45) is 5.92 Å². The zero-order chi connectivity index (χ0) is 18.8. The van der Waals surface area contributed by atoms with Crippen molar-refractivity contribution in [3.63, 3.8) is 0 Å². The van der Waals surface area contributed by atoms with Crippen LogP contribution in [0.1, 0.15) is 99.3 Å². The highest BCUT2D eigenvalue weighted by Crippen LogP contribution is 2.38. The molecule has 0 aromatic carbocycles. The summed E-state index contributed by atoms with van der Waals surface area (Å²) in [7, 11) is -1.68. The molecular formula is C21H46O2Si. The van der Waals surface area contributed by atoms with Crippen LogP contribution in [0.25, 0.3) is 0 Å². The molecule has 0 bridgehead atoms. The van der Waals surface area contributed by atoms with Gasteiger partial charge < -0.3 is 9.53 Å². The Morgan fingerprint density at radius 1 is 0.875 bits per heavy atom. The van der Waals surface area contributed by atoms with Crippen molar-refractivity contribution in [2.75, 3.05) is 0 Å². The fourth-order valence-corrected chi connectivity index (χ4v) is 4.26. The van der Waals surface area contributed by atoms with Gasteiger partial charge in [0.25, 0.3) is 0 Å². The van der Waals surface area contributed by atoms with E-state index in [0.717, 1.165) is 25.7 Å². The Morgan fingerprint density at radius 2 is 1.38 bits per heavy atom. The first-order valence-electron chi connectivity index (χ1n) is 10.4. The summed E-state index contributed by atoms with van der Waals surface area (Å²) < 4.78 is 6.65. The molecule has 0 aromatic rings. The summed E-state index contributed by atoms with van der Waals surface area (Å²) in [5.41, 5.74) is 0. The molecule has 0 saturated carbocycles. The van der Waals surface area contributed by atoms with E-state index in [1.54, 1.807) is 0 Å². The first-order chi connectivity index (χ1) is 11.0. The molecule has 0 aliphatic heterocycles. The molecule has 0 spiro atoms. The summed E-state index contributed by atoms with van der Waals surface area (Å²) in [6.45, 7) is 18.4. The Hall–Kier alpha value is 0.137. The second-order valence-electron chi connectivity index (χ2n) is 9.45. The second-order valence-corrected chi connectivity index (χ2v) is 14.2. The van der Waals surface area contributed by atoms with Gasteiger partial charge in [0.2, 0.25) is 0 Å².